The third-order valence-electron chi connectivity index (χ3n) is 4.45. The van der Waals surface area contributed by atoms with Gasteiger partial charge in [0.15, 0.2) is 0 Å². The number of ether oxygens (including phenoxy) is 1. The number of likely N-dealkylation sites (N-methyl/N-ethyl adjacent to an activating group) is 1. The molecule has 0 aromatic rings. The molecule has 1 saturated heterocycles. The van der Waals surface area contributed by atoms with Crippen LogP contribution in [0.25, 0.3) is 0 Å². The molecule has 1 saturated carbocycles. The van der Waals surface area contributed by atoms with Crippen LogP contribution in [0.3, 0.4) is 0 Å². The van der Waals surface area contributed by atoms with Gasteiger partial charge in [-0.25, -0.2) is 9.59 Å². The van der Waals surface area contributed by atoms with E-state index >= 15 is 0 Å². The van der Waals surface area contributed by atoms with Gasteiger partial charge < -0.3 is 14.5 Å². The first-order valence-electron chi connectivity index (χ1n) is 6.52. The predicted octanol–water partition coefficient (Wildman–Crippen LogP) is 1.47. The zero-order valence-electron chi connectivity index (χ0n) is 11.6. The lowest BCUT2D eigenvalue weighted by atomic mass is 9.79. The maximum atomic E-state index is 12.3. The molecule has 0 aromatic heterocycles. The summed E-state index contributed by atoms with van der Waals surface area (Å²) >= 11 is 0. The van der Waals surface area contributed by atoms with E-state index < -0.39 is 5.54 Å². The van der Waals surface area contributed by atoms with Crippen molar-refractivity contribution in [2.75, 3.05) is 20.7 Å². The number of amides is 2. The summed E-state index contributed by atoms with van der Waals surface area (Å²) in [5.41, 5.74) is -0.890. The van der Waals surface area contributed by atoms with Gasteiger partial charge in [-0.1, -0.05) is 6.42 Å². The van der Waals surface area contributed by atoms with Crippen molar-refractivity contribution in [3.05, 3.63) is 0 Å². The zero-order valence-corrected chi connectivity index (χ0v) is 11.6. The summed E-state index contributed by atoms with van der Waals surface area (Å²) in [6.07, 6.45) is 3.63. The molecule has 1 atom stereocenters. The molecule has 0 bridgehead atoms. The van der Waals surface area contributed by atoms with Crippen LogP contribution < -0.4 is 0 Å². The molecular formula is C13H22N2O3. The summed E-state index contributed by atoms with van der Waals surface area (Å²) < 4.78 is 4.80. The summed E-state index contributed by atoms with van der Waals surface area (Å²) in [5.74, 6) is 0.232. The van der Waals surface area contributed by atoms with Crippen LogP contribution in [-0.4, -0.2) is 54.1 Å². The molecule has 1 aliphatic carbocycles. The lowest BCUT2D eigenvalue weighted by Gasteiger charge is -2.34. The first kappa shape index (κ1) is 13.2. The smallest absolute Gasteiger partial charge is 0.331 e. The molecule has 2 rings (SSSR count). The molecule has 0 spiro atoms. The van der Waals surface area contributed by atoms with Gasteiger partial charge in [0.1, 0.15) is 5.54 Å². The number of hydrogen-bond acceptors (Lipinski definition) is 3. The van der Waals surface area contributed by atoms with Crippen LogP contribution in [0.4, 0.5) is 4.79 Å². The number of esters is 1. The topological polar surface area (TPSA) is 49.9 Å². The van der Waals surface area contributed by atoms with E-state index in [1.54, 1.807) is 23.6 Å². The quantitative estimate of drug-likeness (QED) is 0.717. The number of carbonyl (C=O) groups is 2. The van der Waals surface area contributed by atoms with Crippen LogP contribution in [0.5, 0.6) is 0 Å². The fourth-order valence-corrected chi connectivity index (χ4v) is 2.84. The lowest BCUT2D eigenvalue weighted by Crippen LogP contribution is -2.52. The van der Waals surface area contributed by atoms with E-state index in [-0.39, 0.29) is 18.0 Å². The minimum atomic E-state index is -0.890. The molecule has 1 heterocycles. The van der Waals surface area contributed by atoms with Gasteiger partial charge in [-0.2, -0.15) is 0 Å². The van der Waals surface area contributed by atoms with Crippen molar-refractivity contribution in [1.29, 1.82) is 0 Å². The minimum Gasteiger partial charge on any atom is -0.467 e. The van der Waals surface area contributed by atoms with E-state index in [9.17, 15) is 9.59 Å². The molecule has 1 aliphatic heterocycles. The van der Waals surface area contributed by atoms with Gasteiger partial charge in [0.25, 0.3) is 0 Å². The van der Waals surface area contributed by atoms with Gasteiger partial charge in [-0.05, 0) is 32.6 Å². The first-order chi connectivity index (χ1) is 8.39. The van der Waals surface area contributed by atoms with Crippen LogP contribution in [0.1, 0.15) is 33.1 Å². The van der Waals surface area contributed by atoms with Crippen LogP contribution in [0, 0.1) is 5.92 Å². The second kappa shape index (κ2) is 4.44. The number of methoxy groups -OCH3 is 1. The molecule has 2 amide bonds. The largest absolute Gasteiger partial charge is 0.467 e. The van der Waals surface area contributed by atoms with Crippen LogP contribution in [0.15, 0.2) is 0 Å². The minimum absolute atomic E-state index is 0.0673. The molecule has 0 radical (unpaired) electrons. The van der Waals surface area contributed by atoms with Crippen LogP contribution in [-0.2, 0) is 9.53 Å². The summed E-state index contributed by atoms with van der Waals surface area (Å²) in [7, 11) is 3.19. The van der Waals surface area contributed by atoms with Crippen LogP contribution >= 0.6 is 0 Å². The standard InChI is InChI=1S/C13H22N2O3/c1-13(2,11(16)18-4)15-8-10(9-6-5-7-9)14(3)12(15)17/h9-10H,5-8H2,1-4H3. The third kappa shape index (κ3) is 1.85. The fourth-order valence-electron chi connectivity index (χ4n) is 2.84. The molecule has 2 aliphatic rings. The second-order valence-electron chi connectivity index (χ2n) is 5.81. The van der Waals surface area contributed by atoms with Gasteiger partial charge >= 0.3 is 12.0 Å². The van der Waals surface area contributed by atoms with E-state index in [1.807, 2.05) is 7.05 Å². The van der Waals surface area contributed by atoms with Crippen molar-refractivity contribution in [2.24, 2.45) is 5.92 Å². The highest BCUT2D eigenvalue weighted by atomic mass is 16.5. The SMILES string of the molecule is COC(=O)C(C)(C)N1CC(C2CCC2)N(C)C1=O. The van der Waals surface area contributed by atoms with E-state index in [2.05, 4.69) is 0 Å². The predicted molar refractivity (Wildman–Crippen MR) is 67.1 cm³/mol. The summed E-state index contributed by atoms with van der Waals surface area (Å²) in [6, 6.07) is 0.178. The normalized spacial score (nSPS) is 25.3. The Kier molecular flexibility index (Phi) is 3.25. The highest BCUT2D eigenvalue weighted by molar-refractivity contribution is 5.88. The van der Waals surface area contributed by atoms with Crippen molar-refractivity contribution in [3.8, 4) is 0 Å². The maximum Gasteiger partial charge on any atom is 0.331 e. The molecule has 1 unspecified atom stereocenters. The molecule has 18 heavy (non-hydrogen) atoms. The monoisotopic (exact) mass is 254 g/mol. The first-order valence-corrected chi connectivity index (χ1v) is 6.52. The van der Waals surface area contributed by atoms with Gasteiger partial charge in [-0.15, -0.1) is 0 Å². The van der Waals surface area contributed by atoms with Crippen molar-refractivity contribution < 1.29 is 14.3 Å². The molecule has 0 N–H and O–H groups in total. The van der Waals surface area contributed by atoms with Crippen molar-refractivity contribution in [3.63, 3.8) is 0 Å². The molecule has 102 valence electrons. The van der Waals surface area contributed by atoms with Gasteiger partial charge in [-0.3, -0.25) is 0 Å². The number of urea groups is 1. The van der Waals surface area contributed by atoms with E-state index in [4.69, 9.17) is 4.74 Å². The lowest BCUT2D eigenvalue weighted by molar-refractivity contribution is -0.151. The summed E-state index contributed by atoms with van der Waals surface area (Å²) in [4.78, 5) is 27.5. The third-order valence-corrected chi connectivity index (χ3v) is 4.45. The Balaban J connectivity index is 2.15. The Morgan fingerprint density at radius 1 is 1.39 bits per heavy atom. The number of hydrogen-bond donors (Lipinski definition) is 0. The average molecular weight is 254 g/mol. The van der Waals surface area contributed by atoms with Gasteiger partial charge in [0, 0.05) is 13.6 Å². The molecule has 5 heteroatoms. The Hall–Kier alpha value is -1.26. The Morgan fingerprint density at radius 3 is 2.44 bits per heavy atom. The highest BCUT2D eigenvalue weighted by Gasteiger charge is 2.49. The summed E-state index contributed by atoms with van der Waals surface area (Å²) in [5, 5.41) is 0. The van der Waals surface area contributed by atoms with E-state index in [0.717, 1.165) is 0 Å². The Morgan fingerprint density at radius 2 is 2.00 bits per heavy atom. The second-order valence-corrected chi connectivity index (χ2v) is 5.81. The molecule has 5 nitrogen and oxygen atoms in total. The number of nitrogens with zero attached hydrogens (tertiary/aromatic N) is 2. The number of carbonyl (C=O) groups excluding carboxylic acids is 2. The summed E-state index contributed by atoms with van der Waals surface area (Å²) in [6.45, 7) is 4.11. The number of rotatable bonds is 3. The molecular weight excluding hydrogens is 232 g/mol. The van der Waals surface area contributed by atoms with Gasteiger partial charge in [0.05, 0.1) is 13.2 Å². The van der Waals surface area contributed by atoms with Crippen LogP contribution in [0.2, 0.25) is 0 Å². The van der Waals surface area contributed by atoms with E-state index in [0.29, 0.717) is 12.5 Å². The Labute approximate surface area is 108 Å². The maximum absolute atomic E-state index is 12.3. The fraction of sp³-hybridized carbons (Fsp3) is 0.846. The molecule has 0 aromatic carbocycles. The highest BCUT2D eigenvalue weighted by Crippen LogP contribution is 2.37. The van der Waals surface area contributed by atoms with Crippen molar-refractivity contribution in [1.82, 2.24) is 9.80 Å². The zero-order chi connectivity index (χ0) is 13.5. The van der Waals surface area contributed by atoms with Crippen molar-refractivity contribution in [2.45, 2.75) is 44.7 Å². The van der Waals surface area contributed by atoms with E-state index in [1.165, 1.54) is 26.4 Å². The Bertz CT molecular complexity index is 363. The molecule has 2 fully saturated rings. The van der Waals surface area contributed by atoms with Gasteiger partial charge in [0.2, 0.25) is 0 Å². The average Bonchev–Trinajstić information content (AvgIpc) is 2.55. The van der Waals surface area contributed by atoms with Crippen molar-refractivity contribution >= 4 is 12.0 Å².